The quantitative estimate of drug-likeness (QED) is 0.314. The second kappa shape index (κ2) is 15.7. The van der Waals surface area contributed by atoms with Crippen molar-refractivity contribution in [1.29, 1.82) is 0 Å². The van der Waals surface area contributed by atoms with Gasteiger partial charge < -0.3 is 6.92 Å². The number of halogens is 1. The first-order valence-electron chi connectivity index (χ1n) is 2.62. The summed E-state index contributed by atoms with van der Waals surface area (Å²) in [7, 11) is 0. The van der Waals surface area contributed by atoms with Gasteiger partial charge in [-0.1, -0.05) is 13.0 Å². The van der Waals surface area contributed by atoms with E-state index in [1.54, 1.807) is 0 Å². The maximum atomic E-state index is 3.64. The van der Waals surface area contributed by atoms with Crippen LogP contribution in [-0.2, 0) is 14.8 Å². The molecule has 0 aliphatic heterocycles. The van der Waals surface area contributed by atoms with Crippen LogP contribution in [0.2, 0.25) is 0 Å². The Morgan fingerprint density at radius 1 is 1.50 bits per heavy atom. The monoisotopic (exact) mass is 274 g/mol. The van der Waals surface area contributed by atoms with Crippen molar-refractivity contribution in [3.05, 3.63) is 19.1 Å². The van der Waals surface area contributed by atoms with E-state index in [1.807, 2.05) is 0 Å². The molecule has 0 saturated carbocycles. The number of hydrogen-bond acceptors (Lipinski definition) is 0. The fourth-order valence-corrected chi connectivity index (χ4v) is 0.285. The van der Waals surface area contributed by atoms with Gasteiger partial charge in [-0.3, -0.25) is 0 Å². The van der Waals surface area contributed by atoms with Crippen LogP contribution in [0.15, 0.2) is 12.2 Å². The molecule has 0 aromatic rings. The molecule has 2 heteroatoms. The van der Waals surface area contributed by atoms with Gasteiger partial charge in [0, 0.05) is 0 Å². The molecular formula is C6H11IZn. The molecule has 0 heterocycles. The third-order valence-electron chi connectivity index (χ3n) is 0.569. The minimum absolute atomic E-state index is 0.924. The van der Waals surface area contributed by atoms with E-state index in [1.165, 1.54) is 14.8 Å². The normalized spacial score (nSPS) is 8.62. The van der Waals surface area contributed by atoms with Crippen molar-refractivity contribution in [2.24, 2.45) is 0 Å². The third-order valence-corrected chi connectivity index (χ3v) is 0.569. The van der Waals surface area contributed by atoms with Crippen molar-refractivity contribution < 1.29 is 14.8 Å². The van der Waals surface area contributed by atoms with Crippen molar-refractivity contribution in [3.63, 3.8) is 0 Å². The summed E-state index contributed by atoms with van der Waals surface area (Å²) in [4.78, 5) is 0. The van der Waals surface area contributed by atoms with Gasteiger partial charge in [0.2, 0.25) is 0 Å². The van der Waals surface area contributed by atoms with E-state index < -0.39 is 0 Å². The molecular weight excluding hydrogens is 264 g/mol. The first kappa shape index (κ1) is 11.8. The van der Waals surface area contributed by atoms with E-state index in [2.05, 4.69) is 45.7 Å². The Morgan fingerprint density at radius 3 is 2.12 bits per heavy atom. The fourth-order valence-electron chi connectivity index (χ4n) is 0.285. The van der Waals surface area contributed by atoms with E-state index in [0.717, 1.165) is 12.8 Å². The summed E-state index contributed by atoms with van der Waals surface area (Å²) in [6, 6.07) is 0. The summed E-state index contributed by atoms with van der Waals surface area (Å²) in [5, 5.41) is 0. The topological polar surface area (TPSA) is 0 Å². The van der Waals surface area contributed by atoms with Gasteiger partial charge in [-0.15, -0.1) is 6.08 Å². The van der Waals surface area contributed by atoms with Gasteiger partial charge in [-0.05, 0) is 6.42 Å². The van der Waals surface area contributed by atoms with Crippen molar-refractivity contribution in [3.8, 4) is 0 Å². The molecule has 0 amide bonds. The van der Waals surface area contributed by atoms with Gasteiger partial charge in [-0.2, -0.15) is 6.42 Å². The molecule has 0 nitrogen and oxygen atoms in total. The Hall–Kier alpha value is 1.09. The summed E-state index contributed by atoms with van der Waals surface area (Å²) in [5.74, 6) is 0. The Balaban J connectivity index is 0. The molecule has 0 unspecified atom stereocenters. The molecule has 0 saturated heterocycles. The average Bonchev–Trinajstić information content (AvgIpc) is 1.88. The summed E-state index contributed by atoms with van der Waals surface area (Å²) < 4.78 is 0. The molecule has 8 heavy (non-hydrogen) atoms. The first-order chi connectivity index (χ1) is 3.91. The molecule has 0 fully saturated rings. The van der Waals surface area contributed by atoms with Crippen LogP contribution in [-0.4, -0.2) is 0 Å². The van der Waals surface area contributed by atoms with E-state index in [-0.39, 0.29) is 0 Å². The zero-order valence-corrected chi connectivity index (χ0v) is 10.5. The first-order valence-corrected chi connectivity index (χ1v) is 11.7. The van der Waals surface area contributed by atoms with Crippen LogP contribution < -0.4 is 0 Å². The maximum absolute atomic E-state index is 3.64. The Labute approximate surface area is 73.0 Å². The Morgan fingerprint density at radius 2 is 2.00 bits per heavy atom. The zero-order chi connectivity index (χ0) is 6.83. The Bertz CT molecular complexity index is 37.8. The molecule has 44 valence electrons. The van der Waals surface area contributed by atoms with Crippen LogP contribution in [0.25, 0.3) is 0 Å². The second-order valence-electron chi connectivity index (χ2n) is 1.17. The molecule has 0 bridgehead atoms. The van der Waals surface area contributed by atoms with E-state index in [4.69, 9.17) is 0 Å². The molecule has 0 aromatic heterocycles. The number of allylic oxidation sites excluding steroid dienone is 2. The standard InChI is InChI=1S/C6H11.HI.Zn/c1-3-5-6-4-2;;/h5-6H,1,3-4H2,2H3;1H;/q-1;;+2/p-1/b6-5-;;. The predicted molar refractivity (Wildman–Crippen MR) is 43.4 cm³/mol. The zero-order valence-electron chi connectivity index (χ0n) is 5.36. The number of rotatable bonds is 2. The Kier molecular flexibility index (Phi) is 23.2. The summed E-state index contributed by atoms with van der Waals surface area (Å²) in [6.07, 6.45) is 6.25. The van der Waals surface area contributed by atoms with Gasteiger partial charge in [0.25, 0.3) is 0 Å². The second-order valence-corrected chi connectivity index (χ2v) is 1.17. The van der Waals surface area contributed by atoms with Crippen LogP contribution in [0.5, 0.6) is 0 Å². The van der Waals surface area contributed by atoms with Gasteiger partial charge in [0.05, 0.1) is 0 Å². The molecule has 0 N–H and O–H groups in total. The third kappa shape index (κ3) is 15.7. The van der Waals surface area contributed by atoms with Crippen LogP contribution >= 0.6 is 19.8 Å². The molecule has 0 spiro atoms. The van der Waals surface area contributed by atoms with Crippen LogP contribution in [0.3, 0.4) is 0 Å². The van der Waals surface area contributed by atoms with E-state index >= 15 is 0 Å². The van der Waals surface area contributed by atoms with Crippen LogP contribution in [0, 0.1) is 6.92 Å². The molecule has 0 atom stereocenters. The van der Waals surface area contributed by atoms with Crippen molar-refractivity contribution in [2.75, 3.05) is 0 Å². The molecule has 0 rings (SSSR count). The van der Waals surface area contributed by atoms with Crippen molar-refractivity contribution >= 4 is 19.8 Å². The summed E-state index contributed by atoms with van der Waals surface area (Å²) in [6.45, 7) is 5.75. The minimum atomic E-state index is 0.924. The predicted octanol–water partition coefficient (Wildman–Crippen LogP) is 3.06. The van der Waals surface area contributed by atoms with Gasteiger partial charge in [0.1, 0.15) is 0 Å². The molecule has 0 aliphatic carbocycles. The van der Waals surface area contributed by atoms with Gasteiger partial charge in [0.15, 0.2) is 0 Å². The van der Waals surface area contributed by atoms with Crippen molar-refractivity contribution in [2.45, 2.75) is 19.8 Å². The van der Waals surface area contributed by atoms with Gasteiger partial charge in [-0.25, -0.2) is 0 Å². The van der Waals surface area contributed by atoms with Crippen LogP contribution in [0.4, 0.5) is 0 Å². The van der Waals surface area contributed by atoms with Crippen molar-refractivity contribution in [1.82, 2.24) is 0 Å². The molecule has 0 aliphatic rings. The molecule has 0 aromatic carbocycles. The van der Waals surface area contributed by atoms with Gasteiger partial charge >= 0.3 is 34.5 Å². The van der Waals surface area contributed by atoms with E-state index in [9.17, 15) is 0 Å². The summed E-state index contributed by atoms with van der Waals surface area (Å²) >= 11 is 3.62. The number of hydrogen-bond donors (Lipinski definition) is 0. The average molecular weight is 275 g/mol. The SMILES string of the molecule is [CH2-]C/C=C\CC.[Zn+][I]. The molecule has 0 radical (unpaired) electrons. The van der Waals surface area contributed by atoms with E-state index in [0.29, 0.717) is 0 Å². The fraction of sp³-hybridized carbons (Fsp3) is 0.500. The summed E-state index contributed by atoms with van der Waals surface area (Å²) in [5.41, 5.74) is 0. The van der Waals surface area contributed by atoms with Crippen LogP contribution in [0.1, 0.15) is 19.8 Å².